The van der Waals surface area contributed by atoms with Gasteiger partial charge in [-0.15, -0.1) is 0 Å². The van der Waals surface area contributed by atoms with E-state index in [-0.39, 0.29) is 11.7 Å². The van der Waals surface area contributed by atoms with E-state index in [1.54, 1.807) is 6.07 Å². The number of carbonyl (C=O) groups is 1. The van der Waals surface area contributed by atoms with Gasteiger partial charge in [0.2, 0.25) is 5.91 Å². The van der Waals surface area contributed by atoms with E-state index in [1.165, 1.54) is 0 Å². The largest absolute Gasteiger partial charge is 0.508 e. The van der Waals surface area contributed by atoms with Crippen molar-refractivity contribution < 1.29 is 9.90 Å². The van der Waals surface area contributed by atoms with Gasteiger partial charge in [-0.1, -0.05) is 0 Å². The number of aromatic hydroxyl groups is 1. The van der Waals surface area contributed by atoms with Gasteiger partial charge in [-0.05, 0) is 56.5 Å². The van der Waals surface area contributed by atoms with Gasteiger partial charge in [0.05, 0.1) is 0 Å². The molecule has 3 N–H and O–H groups in total. The lowest BCUT2D eigenvalue weighted by molar-refractivity contribution is -0.116. The number of amides is 1. The average molecular weight is 248 g/mol. The molecule has 1 heterocycles. The maximum atomic E-state index is 11.9. The van der Waals surface area contributed by atoms with Crippen LogP contribution in [0.25, 0.3) is 0 Å². The van der Waals surface area contributed by atoms with Crippen molar-refractivity contribution in [3.8, 4) is 5.75 Å². The Morgan fingerprint density at radius 2 is 2.22 bits per heavy atom. The van der Waals surface area contributed by atoms with Gasteiger partial charge < -0.3 is 15.7 Å². The SMILES string of the molecule is Cc1cc(NC(=O)CC2CCCN2)c(C)cc1O. The molecule has 0 aromatic heterocycles. The normalized spacial score (nSPS) is 18.9. The molecule has 2 rings (SSSR count). The number of benzene rings is 1. The van der Waals surface area contributed by atoms with Crippen molar-refractivity contribution in [1.29, 1.82) is 0 Å². The minimum absolute atomic E-state index is 0.0302. The first kappa shape index (κ1) is 12.9. The standard InChI is InChI=1S/C14H20N2O2/c1-9-7-13(17)10(2)6-12(9)16-14(18)8-11-4-3-5-15-11/h6-7,11,15,17H,3-5,8H2,1-2H3,(H,16,18). The minimum atomic E-state index is 0.0302. The molecule has 0 saturated carbocycles. The molecule has 1 unspecified atom stereocenters. The molecule has 4 heteroatoms. The van der Waals surface area contributed by atoms with Gasteiger partial charge in [-0.2, -0.15) is 0 Å². The number of carbonyl (C=O) groups excluding carboxylic acids is 1. The van der Waals surface area contributed by atoms with E-state index in [2.05, 4.69) is 10.6 Å². The van der Waals surface area contributed by atoms with Crippen LogP contribution in [0.3, 0.4) is 0 Å². The van der Waals surface area contributed by atoms with Gasteiger partial charge in [0.25, 0.3) is 0 Å². The Hall–Kier alpha value is -1.55. The van der Waals surface area contributed by atoms with Crippen molar-refractivity contribution in [3.05, 3.63) is 23.3 Å². The van der Waals surface area contributed by atoms with Gasteiger partial charge in [-0.3, -0.25) is 4.79 Å². The second-order valence-electron chi connectivity index (χ2n) is 5.00. The minimum Gasteiger partial charge on any atom is -0.508 e. The fraction of sp³-hybridized carbons (Fsp3) is 0.500. The summed E-state index contributed by atoms with van der Waals surface area (Å²) in [5.41, 5.74) is 2.44. The van der Waals surface area contributed by atoms with E-state index in [4.69, 9.17) is 0 Å². The van der Waals surface area contributed by atoms with Crippen LogP contribution in [0.1, 0.15) is 30.4 Å². The summed E-state index contributed by atoms with van der Waals surface area (Å²) in [7, 11) is 0. The highest BCUT2D eigenvalue weighted by Crippen LogP contribution is 2.25. The summed E-state index contributed by atoms with van der Waals surface area (Å²) in [6, 6.07) is 3.80. The summed E-state index contributed by atoms with van der Waals surface area (Å²) in [6.07, 6.45) is 2.73. The highest BCUT2D eigenvalue weighted by molar-refractivity contribution is 5.92. The van der Waals surface area contributed by atoms with E-state index in [0.29, 0.717) is 12.5 Å². The first-order valence-corrected chi connectivity index (χ1v) is 6.39. The molecule has 0 radical (unpaired) electrons. The van der Waals surface area contributed by atoms with Crippen LogP contribution in [0.4, 0.5) is 5.69 Å². The number of aryl methyl sites for hydroxylation is 2. The van der Waals surface area contributed by atoms with Crippen LogP contribution < -0.4 is 10.6 Å². The number of phenols is 1. The lowest BCUT2D eigenvalue weighted by atomic mass is 10.1. The van der Waals surface area contributed by atoms with Crippen LogP contribution >= 0.6 is 0 Å². The van der Waals surface area contributed by atoms with Gasteiger partial charge in [-0.25, -0.2) is 0 Å². The van der Waals surface area contributed by atoms with Gasteiger partial charge in [0, 0.05) is 18.2 Å². The maximum Gasteiger partial charge on any atom is 0.225 e. The van der Waals surface area contributed by atoms with Crippen molar-refractivity contribution in [2.45, 2.75) is 39.2 Å². The maximum absolute atomic E-state index is 11.9. The molecular weight excluding hydrogens is 228 g/mol. The fourth-order valence-electron chi connectivity index (χ4n) is 2.29. The monoisotopic (exact) mass is 248 g/mol. The molecule has 98 valence electrons. The van der Waals surface area contributed by atoms with Crippen LogP contribution in [0.5, 0.6) is 5.75 Å². The Morgan fingerprint density at radius 3 is 2.89 bits per heavy atom. The van der Waals surface area contributed by atoms with Crippen molar-refractivity contribution in [2.75, 3.05) is 11.9 Å². The zero-order chi connectivity index (χ0) is 13.1. The molecule has 1 amide bonds. The van der Waals surface area contributed by atoms with E-state index >= 15 is 0 Å². The average Bonchev–Trinajstić information content (AvgIpc) is 2.78. The molecule has 4 nitrogen and oxygen atoms in total. The molecule has 1 aliphatic rings. The predicted octanol–water partition coefficient (Wildman–Crippen LogP) is 2.09. The number of hydrogen-bond donors (Lipinski definition) is 3. The molecule has 18 heavy (non-hydrogen) atoms. The second-order valence-corrected chi connectivity index (χ2v) is 5.00. The third-order valence-electron chi connectivity index (χ3n) is 3.41. The third kappa shape index (κ3) is 3.01. The van der Waals surface area contributed by atoms with Gasteiger partial charge in [0.1, 0.15) is 5.75 Å². The summed E-state index contributed by atoms with van der Waals surface area (Å²) in [4.78, 5) is 11.9. The molecule has 0 bridgehead atoms. The summed E-state index contributed by atoms with van der Waals surface area (Å²) < 4.78 is 0. The predicted molar refractivity (Wildman–Crippen MR) is 71.9 cm³/mol. The molecule has 0 spiro atoms. The van der Waals surface area contributed by atoms with Crippen molar-refractivity contribution in [1.82, 2.24) is 5.32 Å². The Morgan fingerprint density at radius 1 is 1.44 bits per heavy atom. The lowest BCUT2D eigenvalue weighted by Gasteiger charge is -2.13. The first-order valence-electron chi connectivity index (χ1n) is 6.39. The Balaban J connectivity index is 2.00. The van der Waals surface area contributed by atoms with Crippen molar-refractivity contribution >= 4 is 11.6 Å². The first-order chi connectivity index (χ1) is 8.56. The van der Waals surface area contributed by atoms with Crippen LogP contribution in [-0.4, -0.2) is 23.6 Å². The molecule has 1 aromatic rings. The van der Waals surface area contributed by atoms with Crippen molar-refractivity contribution in [3.63, 3.8) is 0 Å². The third-order valence-corrected chi connectivity index (χ3v) is 3.41. The lowest BCUT2D eigenvalue weighted by Crippen LogP contribution is -2.27. The summed E-state index contributed by atoms with van der Waals surface area (Å²) in [5.74, 6) is 0.297. The van der Waals surface area contributed by atoms with E-state index in [9.17, 15) is 9.90 Å². The quantitative estimate of drug-likeness (QED) is 0.718. The van der Waals surface area contributed by atoms with Crippen LogP contribution in [0, 0.1) is 13.8 Å². The molecule has 1 fully saturated rings. The number of phenolic OH excluding ortho intramolecular Hbond substituents is 1. The second kappa shape index (κ2) is 5.40. The van der Waals surface area contributed by atoms with E-state index in [1.807, 2.05) is 19.9 Å². The highest BCUT2D eigenvalue weighted by atomic mass is 16.3. The van der Waals surface area contributed by atoms with Gasteiger partial charge in [0.15, 0.2) is 0 Å². The molecule has 0 aliphatic carbocycles. The zero-order valence-corrected chi connectivity index (χ0v) is 10.9. The number of hydrogen-bond acceptors (Lipinski definition) is 3. The molecule has 1 atom stereocenters. The molecular formula is C14H20N2O2. The summed E-state index contributed by atoms with van der Waals surface area (Å²) >= 11 is 0. The van der Waals surface area contributed by atoms with E-state index < -0.39 is 0 Å². The molecule has 1 aromatic carbocycles. The van der Waals surface area contributed by atoms with Gasteiger partial charge >= 0.3 is 0 Å². The topological polar surface area (TPSA) is 61.4 Å². The Kier molecular flexibility index (Phi) is 3.87. The smallest absolute Gasteiger partial charge is 0.225 e. The zero-order valence-electron chi connectivity index (χ0n) is 10.9. The molecule has 1 aliphatic heterocycles. The number of anilines is 1. The summed E-state index contributed by atoms with van der Waals surface area (Å²) in [5, 5.41) is 15.8. The van der Waals surface area contributed by atoms with Crippen LogP contribution in [0.2, 0.25) is 0 Å². The Labute approximate surface area is 107 Å². The fourth-order valence-corrected chi connectivity index (χ4v) is 2.29. The Bertz CT molecular complexity index is 451. The highest BCUT2D eigenvalue weighted by Gasteiger charge is 2.18. The van der Waals surface area contributed by atoms with E-state index in [0.717, 1.165) is 36.2 Å². The molecule has 1 saturated heterocycles. The number of rotatable bonds is 3. The summed E-state index contributed by atoms with van der Waals surface area (Å²) in [6.45, 7) is 4.71. The van der Waals surface area contributed by atoms with Crippen LogP contribution in [-0.2, 0) is 4.79 Å². The number of nitrogens with one attached hydrogen (secondary N) is 2. The van der Waals surface area contributed by atoms with Crippen LogP contribution in [0.15, 0.2) is 12.1 Å². The van der Waals surface area contributed by atoms with Crippen molar-refractivity contribution in [2.24, 2.45) is 0 Å².